The van der Waals surface area contributed by atoms with E-state index >= 15 is 0 Å². The van der Waals surface area contributed by atoms with Gasteiger partial charge < -0.3 is 19.3 Å². The third kappa shape index (κ3) is 7.11. The largest absolute Gasteiger partial charge is 0.477 e. The average Bonchev–Trinajstić information content (AvgIpc) is 2.89. The van der Waals surface area contributed by atoms with Gasteiger partial charge >= 0.3 is 12.0 Å². The third-order valence-corrected chi connectivity index (χ3v) is 5.44. The van der Waals surface area contributed by atoms with E-state index in [9.17, 15) is 9.90 Å². The Bertz CT molecular complexity index is 1190. The standard InChI is InChI=1S/C27H27N3O5/c1-33-16-17-35-27-28-24(18-25(29-27)26(31)32)23-10-8-21(9-11-23)3-2-20-4-6-22(7-5-20)19-30-12-14-34-15-13-30/h4-11,18H,12-17,19H2,1H3,(H,31,32). The van der Waals surface area contributed by atoms with E-state index in [1.807, 2.05) is 36.4 Å². The molecule has 0 unspecified atom stereocenters. The van der Waals surface area contributed by atoms with Gasteiger partial charge in [-0.2, -0.15) is 9.97 Å². The molecule has 35 heavy (non-hydrogen) atoms. The highest BCUT2D eigenvalue weighted by atomic mass is 16.5. The minimum absolute atomic E-state index is 0.00196. The summed E-state index contributed by atoms with van der Waals surface area (Å²) in [5.74, 6) is 5.22. The lowest BCUT2D eigenvalue weighted by Gasteiger charge is -2.26. The van der Waals surface area contributed by atoms with Gasteiger partial charge in [0, 0.05) is 43.4 Å². The number of methoxy groups -OCH3 is 1. The monoisotopic (exact) mass is 473 g/mol. The molecule has 1 aromatic heterocycles. The van der Waals surface area contributed by atoms with Crippen LogP contribution >= 0.6 is 0 Å². The number of nitrogens with zero attached hydrogens (tertiary/aromatic N) is 3. The molecule has 3 aromatic rings. The van der Waals surface area contributed by atoms with Gasteiger partial charge in [-0.3, -0.25) is 4.90 Å². The molecule has 0 aliphatic carbocycles. The van der Waals surface area contributed by atoms with Crippen LogP contribution in [0, 0.1) is 11.8 Å². The second kappa shape index (κ2) is 12.1. The lowest BCUT2D eigenvalue weighted by molar-refractivity contribution is 0.0342. The Hall–Kier alpha value is -3.77. The third-order valence-electron chi connectivity index (χ3n) is 5.44. The highest BCUT2D eigenvalue weighted by molar-refractivity contribution is 5.86. The van der Waals surface area contributed by atoms with Gasteiger partial charge in [-0.25, -0.2) is 4.79 Å². The van der Waals surface area contributed by atoms with Crippen LogP contribution in [0.1, 0.15) is 27.2 Å². The normalized spacial score (nSPS) is 13.6. The maximum absolute atomic E-state index is 11.5. The Balaban J connectivity index is 1.43. The van der Waals surface area contributed by atoms with E-state index in [2.05, 4.69) is 38.8 Å². The molecule has 0 amide bonds. The van der Waals surface area contributed by atoms with Gasteiger partial charge in [0.1, 0.15) is 6.61 Å². The molecule has 1 N–H and O–H groups in total. The summed E-state index contributed by atoms with van der Waals surface area (Å²) in [6, 6.07) is 17.2. The van der Waals surface area contributed by atoms with Crippen molar-refractivity contribution in [1.82, 2.24) is 14.9 Å². The average molecular weight is 474 g/mol. The zero-order valence-electron chi connectivity index (χ0n) is 19.6. The number of carboxylic acids is 1. The predicted molar refractivity (Wildman–Crippen MR) is 130 cm³/mol. The maximum atomic E-state index is 11.5. The van der Waals surface area contributed by atoms with Crippen LogP contribution < -0.4 is 4.74 Å². The van der Waals surface area contributed by atoms with Crippen molar-refractivity contribution in [1.29, 1.82) is 0 Å². The minimum Gasteiger partial charge on any atom is -0.477 e. The molecule has 2 aromatic carbocycles. The topological polar surface area (TPSA) is 94.0 Å². The van der Waals surface area contributed by atoms with Crippen LogP contribution in [0.15, 0.2) is 54.6 Å². The Labute approximate surface area is 204 Å². The van der Waals surface area contributed by atoms with E-state index in [0.29, 0.717) is 12.3 Å². The van der Waals surface area contributed by atoms with Crippen molar-refractivity contribution in [2.45, 2.75) is 6.54 Å². The Morgan fingerprint density at radius 2 is 1.66 bits per heavy atom. The van der Waals surface area contributed by atoms with E-state index in [-0.39, 0.29) is 18.3 Å². The number of rotatable bonds is 8. The number of morpholine rings is 1. The molecule has 8 heteroatoms. The van der Waals surface area contributed by atoms with Gasteiger partial charge in [0.15, 0.2) is 5.69 Å². The summed E-state index contributed by atoms with van der Waals surface area (Å²) in [4.78, 5) is 22.1. The second-order valence-corrected chi connectivity index (χ2v) is 7.98. The van der Waals surface area contributed by atoms with Crippen LogP contribution in [-0.2, 0) is 16.0 Å². The molecule has 1 fully saturated rings. The maximum Gasteiger partial charge on any atom is 0.354 e. The quantitative estimate of drug-likeness (QED) is 0.394. The van der Waals surface area contributed by atoms with Crippen molar-refractivity contribution in [2.75, 3.05) is 46.6 Å². The highest BCUT2D eigenvalue weighted by Crippen LogP contribution is 2.21. The lowest BCUT2D eigenvalue weighted by Crippen LogP contribution is -2.35. The fourth-order valence-electron chi connectivity index (χ4n) is 3.54. The van der Waals surface area contributed by atoms with Crippen LogP contribution in [0.25, 0.3) is 11.3 Å². The van der Waals surface area contributed by atoms with Gasteiger partial charge in [-0.1, -0.05) is 36.1 Å². The first-order valence-electron chi connectivity index (χ1n) is 11.4. The molecular weight excluding hydrogens is 446 g/mol. The smallest absolute Gasteiger partial charge is 0.354 e. The van der Waals surface area contributed by atoms with E-state index in [1.165, 1.54) is 11.6 Å². The fourth-order valence-corrected chi connectivity index (χ4v) is 3.54. The number of hydrogen-bond acceptors (Lipinski definition) is 7. The fraction of sp³-hybridized carbons (Fsp3) is 0.296. The first-order chi connectivity index (χ1) is 17.1. The SMILES string of the molecule is COCCOc1nc(C(=O)O)cc(-c2ccc(C#Cc3ccc(CN4CCOCC4)cc3)cc2)n1. The number of aromatic nitrogens is 2. The van der Waals surface area contributed by atoms with Crippen molar-refractivity contribution < 1.29 is 24.1 Å². The summed E-state index contributed by atoms with van der Waals surface area (Å²) >= 11 is 0. The lowest BCUT2D eigenvalue weighted by atomic mass is 10.1. The molecule has 2 heterocycles. The zero-order chi connectivity index (χ0) is 24.5. The zero-order valence-corrected chi connectivity index (χ0v) is 19.6. The summed E-state index contributed by atoms with van der Waals surface area (Å²) in [5.41, 5.74) is 4.11. The second-order valence-electron chi connectivity index (χ2n) is 7.98. The van der Waals surface area contributed by atoms with Crippen LogP contribution in [-0.4, -0.2) is 72.6 Å². The first kappa shape index (κ1) is 24.4. The van der Waals surface area contributed by atoms with Crippen LogP contribution in [0.5, 0.6) is 6.01 Å². The van der Waals surface area contributed by atoms with Crippen molar-refractivity contribution in [3.8, 4) is 29.1 Å². The van der Waals surface area contributed by atoms with Crippen molar-refractivity contribution in [3.63, 3.8) is 0 Å². The summed E-state index contributed by atoms with van der Waals surface area (Å²) in [5, 5.41) is 9.38. The Morgan fingerprint density at radius 3 is 2.29 bits per heavy atom. The van der Waals surface area contributed by atoms with Gasteiger partial charge in [-0.15, -0.1) is 0 Å². The first-order valence-corrected chi connectivity index (χ1v) is 11.4. The van der Waals surface area contributed by atoms with Gasteiger partial charge in [0.25, 0.3) is 0 Å². The molecule has 1 saturated heterocycles. The van der Waals surface area contributed by atoms with Gasteiger partial charge in [-0.05, 0) is 35.9 Å². The molecule has 0 spiro atoms. The molecule has 0 atom stereocenters. The van der Waals surface area contributed by atoms with Crippen LogP contribution in [0.2, 0.25) is 0 Å². The Kier molecular flexibility index (Phi) is 8.41. The summed E-state index contributed by atoms with van der Waals surface area (Å²) in [6.07, 6.45) is 0. The minimum atomic E-state index is -1.15. The molecule has 4 rings (SSSR count). The van der Waals surface area contributed by atoms with Crippen LogP contribution in [0.3, 0.4) is 0 Å². The molecule has 1 aliphatic heterocycles. The summed E-state index contributed by atoms with van der Waals surface area (Å²) < 4.78 is 15.8. The molecule has 0 radical (unpaired) electrons. The molecule has 180 valence electrons. The van der Waals surface area contributed by atoms with E-state index in [0.717, 1.165) is 49.5 Å². The van der Waals surface area contributed by atoms with Crippen molar-refractivity contribution >= 4 is 5.97 Å². The van der Waals surface area contributed by atoms with Crippen molar-refractivity contribution in [3.05, 3.63) is 77.0 Å². The molecule has 0 bridgehead atoms. The number of aromatic carboxylic acids is 1. The van der Waals surface area contributed by atoms with E-state index in [4.69, 9.17) is 14.2 Å². The Morgan fingerprint density at radius 1 is 1.00 bits per heavy atom. The summed E-state index contributed by atoms with van der Waals surface area (Å²) in [7, 11) is 1.55. The molecule has 0 saturated carbocycles. The molecule has 1 aliphatic rings. The number of carboxylic acid groups (broad SMARTS) is 1. The number of carbonyl (C=O) groups is 1. The predicted octanol–water partition coefficient (Wildman–Crippen LogP) is 3.10. The molecule has 8 nitrogen and oxygen atoms in total. The number of ether oxygens (including phenoxy) is 3. The van der Waals surface area contributed by atoms with E-state index in [1.54, 1.807) is 7.11 Å². The van der Waals surface area contributed by atoms with E-state index < -0.39 is 5.97 Å². The van der Waals surface area contributed by atoms with Gasteiger partial charge in [0.05, 0.1) is 25.5 Å². The highest BCUT2D eigenvalue weighted by Gasteiger charge is 2.13. The summed E-state index contributed by atoms with van der Waals surface area (Å²) in [6.45, 7) is 5.01. The van der Waals surface area contributed by atoms with Gasteiger partial charge in [0.2, 0.25) is 0 Å². The molecular formula is C27H27N3O5. The number of hydrogen-bond donors (Lipinski definition) is 1. The number of benzene rings is 2. The van der Waals surface area contributed by atoms with Crippen LogP contribution in [0.4, 0.5) is 0 Å². The van der Waals surface area contributed by atoms with Crippen molar-refractivity contribution in [2.24, 2.45) is 0 Å².